The average molecular weight is 516 g/mol. The summed E-state index contributed by atoms with van der Waals surface area (Å²) in [6.45, 7) is 7.24. The van der Waals surface area contributed by atoms with E-state index in [0.717, 1.165) is 29.9 Å². The van der Waals surface area contributed by atoms with Crippen LogP contribution in [-0.2, 0) is 10.0 Å². The van der Waals surface area contributed by atoms with Crippen LogP contribution in [0.3, 0.4) is 0 Å². The Labute approximate surface area is 217 Å². The molecule has 0 radical (unpaired) electrons. The molecule has 0 bridgehead atoms. The van der Waals surface area contributed by atoms with Crippen LogP contribution in [0.25, 0.3) is 22.8 Å². The van der Waals surface area contributed by atoms with E-state index in [4.69, 9.17) is 0 Å². The Morgan fingerprint density at radius 1 is 0.757 bits per heavy atom. The van der Waals surface area contributed by atoms with E-state index >= 15 is 0 Å². The summed E-state index contributed by atoms with van der Waals surface area (Å²) in [6.07, 6.45) is 0. The Balaban J connectivity index is 1.78. The fourth-order valence-electron chi connectivity index (χ4n) is 3.66. The van der Waals surface area contributed by atoms with Gasteiger partial charge in [-0.15, -0.1) is 10.2 Å². The lowest BCUT2D eigenvalue weighted by atomic mass is 10.2. The first-order valence-electron chi connectivity index (χ1n) is 12.1. The van der Waals surface area contributed by atoms with Crippen molar-refractivity contribution in [2.24, 2.45) is 10.2 Å². The van der Waals surface area contributed by atoms with E-state index in [1.54, 1.807) is 19.1 Å². The number of hydrogen-bond donors (Lipinski definition) is 1. The summed E-state index contributed by atoms with van der Waals surface area (Å²) < 4.78 is 27.4. The molecule has 9 nitrogen and oxygen atoms in total. The van der Waals surface area contributed by atoms with Crippen molar-refractivity contribution in [2.75, 3.05) is 28.5 Å². The van der Waals surface area contributed by atoms with Gasteiger partial charge < -0.3 is 4.90 Å². The molecule has 0 saturated heterocycles. The lowest BCUT2D eigenvalue weighted by Crippen LogP contribution is -2.22. The molecule has 0 saturated carbocycles. The lowest BCUT2D eigenvalue weighted by Gasteiger charge is -2.22. The van der Waals surface area contributed by atoms with Gasteiger partial charge in [-0.05, 0) is 39.0 Å². The van der Waals surface area contributed by atoms with Gasteiger partial charge in [0.25, 0.3) is 5.95 Å². The Bertz CT molecular complexity index is 1420. The average Bonchev–Trinajstić information content (AvgIpc) is 2.94. The molecular weight excluding hydrogens is 486 g/mol. The van der Waals surface area contributed by atoms with Gasteiger partial charge in [-0.25, -0.2) is 13.4 Å². The fraction of sp³-hybridized carbons (Fsp3) is 0.222. The minimum Gasteiger partial charge on any atom is -0.372 e. The van der Waals surface area contributed by atoms with Crippen LogP contribution in [0.5, 0.6) is 0 Å². The highest BCUT2D eigenvalue weighted by molar-refractivity contribution is 7.92. The van der Waals surface area contributed by atoms with E-state index in [0.29, 0.717) is 23.0 Å². The smallest absolute Gasteiger partial charge is 0.272 e. The summed E-state index contributed by atoms with van der Waals surface area (Å²) in [7, 11) is -3.53. The number of azo groups is 1. The van der Waals surface area contributed by atoms with Gasteiger partial charge in [-0.1, -0.05) is 60.7 Å². The predicted molar refractivity (Wildman–Crippen MR) is 148 cm³/mol. The number of benzene rings is 3. The first-order valence-corrected chi connectivity index (χ1v) is 13.8. The van der Waals surface area contributed by atoms with E-state index < -0.39 is 10.0 Å². The van der Waals surface area contributed by atoms with Gasteiger partial charge in [-0.2, -0.15) is 9.97 Å². The zero-order chi connectivity index (χ0) is 26.3. The first kappa shape index (κ1) is 25.9. The van der Waals surface area contributed by atoms with Gasteiger partial charge in [0.05, 0.1) is 11.4 Å². The van der Waals surface area contributed by atoms with Crippen molar-refractivity contribution in [1.29, 1.82) is 0 Å². The predicted octanol–water partition coefficient (Wildman–Crippen LogP) is 6.23. The van der Waals surface area contributed by atoms with Crippen LogP contribution in [0, 0.1) is 0 Å². The van der Waals surface area contributed by atoms with E-state index in [2.05, 4.69) is 34.8 Å². The third-order valence-corrected chi connectivity index (χ3v) is 6.98. The highest BCUT2D eigenvalue weighted by Crippen LogP contribution is 2.32. The maximum atomic E-state index is 12.4. The van der Waals surface area contributed by atoms with E-state index in [-0.39, 0.29) is 11.7 Å². The van der Waals surface area contributed by atoms with Crippen molar-refractivity contribution >= 4 is 33.0 Å². The Kier molecular flexibility index (Phi) is 8.19. The van der Waals surface area contributed by atoms with E-state index in [9.17, 15) is 8.42 Å². The summed E-state index contributed by atoms with van der Waals surface area (Å²) >= 11 is 0. The monoisotopic (exact) mass is 515 g/mol. The maximum absolute atomic E-state index is 12.4. The second-order valence-electron chi connectivity index (χ2n) is 8.09. The van der Waals surface area contributed by atoms with Crippen molar-refractivity contribution in [3.8, 4) is 22.8 Å². The van der Waals surface area contributed by atoms with Crippen LogP contribution in [-0.4, -0.2) is 42.2 Å². The minimum atomic E-state index is -3.53. The van der Waals surface area contributed by atoms with Gasteiger partial charge >= 0.3 is 0 Å². The third kappa shape index (κ3) is 6.53. The number of hydrogen-bond acceptors (Lipinski definition) is 8. The van der Waals surface area contributed by atoms with Crippen LogP contribution in [0.15, 0.2) is 89.1 Å². The molecule has 0 aliphatic rings. The van der Waals surface area contributed by atoms with Crippen LogP contribution in [0.1, 0.15) is 20.8 Å². The van der Waals surface area contributed by atoms with Crippen molar-refractivity contribution in [1.82, 2.24) is 15.0 Å². The van der Waals surface area contributed by atoms with E-state index in [1.807, 2.05) is 80.6 Å². The highest BCUT2D eigenvalue weighted by Gasteiger charge is 2.14. The standard InChI is InChI=1S/C27H29N7O2S/c1-4-34(5-2)22-17-18-23(24(19-22)33-37(35,36)6-3)31-32-27-29-25(20-13-9-7-10-14-20)28-26(30-27)21-15-11-8-12-16-21/h7-19,33H,4-6H2,1-3H3. The number of anilines is 2. The summed E-state index contributed by atoms with van der Waals surface area (Å²) in [5.74, 6) is 0.983. The molecule has 0 spiro atoms. The summed E-state index contributed by atoms with van der Waals surface area (Å²) in [5, 5.41) is 8.64. The normalized spacial score (nSPS) is 11.5. The summed E-state index contributed by atoms with van der Waals surface area (Å²) in [4.78, 5) is 15.8. The van der Waals surface area contributed by atoms with Crippen molar-refractivity contribution in [3.05, 3.63) is 78.9 Å². The second-order valence-corrected chi connectivity index (χ2v) is 10.1. The number of nitrogens with one attached hydrogen (secondary N) is 1. The minimum absolute atomic E-state index is 0.0621. The van der Waals surface area contributed by atoms with Crippen LogP contribution in [0.4, 0.5) is 23.0 Å². The molecule has 0 aliphatic carbocycles. The molecule has 3 aromatic carbocycles. The number of sulfonamides is 1. The van der Waals surface area contributed by atoms with Crippen LogP contribution in [0.2, 0.25) is 0 Å². The highest BCUT2D eigenvalue weighted by atomic mass is 32.2. The molecule has 4 rings (SSSR count). The topological polar surface area (TPSA) is 113 Å². The van der Waals surface area contributed by atoms with Gasteiger partial charge in [-0.3, -0.25) is 4.72 Å². The molecular formula is C27H29N7O2S. The quantitative estimate of drug-likeness (QED) is 0.251. The Morgan fingerprint density at radius 3 is 1.84 bits per heavy atom. The van der Waals surface area contributed by atoms with Crippen LogP contribution >= 0.6 is 0 Å². The molecule has 0 atom stereocenters. The summed E-state index contributed by atoms with van der Waals surface area (Å²) in [6, 6.07) is 24.5. The fourth-order valence-corrected chi connectivity index (χ4v) is 4.30. The molecule has 0 unspecified atom stereocenters. The number of rotatable bonds is 10. The molecule has 190 valence electrons. The van der Waals surface area contributed by atoms with Crippen molar-refractivity contribution in [3.63, 3.8) is 0 Å². The number of nitrogens with zero attached hydrogens (tertiary/aromatic N) is 6. The second kappa shape index (κ2) is 11.7. The first-order chi connectivity index (χ1) is 17.9. The zero-order valence-electron chi connectivity index (χ0n) is 21.0. The number of aromatic nitrogens is 3. The summed E-state index contributed by atoms with van der Waals surface area (Å²) in [5.41, 5.74) is 3.22. The molecule has 0 fully saturated rings. The molecule has 10 heteroatoms. The molecule has 1 N–H and O–H groups in total. The van der Waals surface area contributed by atoms with Gasteiger partial charge in [0.1, 0.15) is 5.69 Å². The van der Waals surface area contributed by atoms with Crippen LogP contribution < -0.4 is 9.62 Å². The van der Waals surface area contributed by atoms with Gasteiger partial charge in [0, 0.05) is 29.9 Å². The lowest BCUT2D eigenvalue weighted by molar-refractivity contribution is 0.602. The molecule has 0 aliphatic heterocycles. The van der Waals surface area contributed by atoms with E-state index in [1.165, 1.54) is 0 Å². The Hall–Kier alpha value is -4.18. The molecule has 4 aromatic rings. The van der Waals surface area contributed by atoms with Crippen molar-refractivity contribution in [2.45, 2.75) is 20.8 Å². The maximum Gasteiger partial charge on any atom is 0.272 e. The van der Waals surface area contributed by atoms with Crippen molar-refractivity contribution < 1.29 is 8.42 Å². The largest absolute Gasteiger partial charge is 0.372 e. The SMILES string of the molecule is CCN(CC)c1ccc(N=Nc2nc(-c3ccccc3)nc(-c3ccccc3)n2)c(NS(=O)(=O)CC)c1. The molecule has 1 aromatic heterocycles. The molecule has 0 amide bonds. The van der Waals surface area contributed by atoms with Gasteiger partial charge in [0.15, 0.2) is 11.6 Å². The zero-order valence-corrected chi connectivity index (χ0v) is 21.9. The van der Waals surface area contributed by atoms with Gasteiger partial charge in [0.2, 0.25) is 10.0 Å². The third-order valence-electron chi connectivity index (χ3n) is 5.69. The Morgan fingerprint density at radius 2 is 1.32 bits per heavy atom. The molecule has 37 heavy (non-hydrogen) atoms. The molecule has 1 heterocycles.